The topological polar surface area (TPSA) is 53.6 Å². The molecule has 2 N–H and O–H groups in total. The number of thioether (sulfide) groups is 1. The number of anilines is 2. The van der Waals surface area contributed by atoms with E-state index >= 15 is 0 Å². The number of ether oxygens (including phenoxy) is 1. The van der Waals surface area contributed by atoms with Crippen molar-refractivity contribution in [2.45, 2.75) is 31.8 Å². The van der Waals surface area contributed by atoms with Gasteiger partial charge in [-0.05, 0) is 37.4 Å². The minimum Gasteiger partial charge on any atom is -0.372 e. The van der Waals surface area contributed by atoms with Crippen LogP contribution in [-0.2, 0) is 10.5 Å². The SMILES string of the molecule is C[C@H]1CN(c2ccccc2NC(=O)NCCSCc2cccs2)C[C@H](C)O1. The van der Waals surface area contributed by atoms with E-state index < -0.39 is 0 Å². The summed E-state index contributed by atoms with van der Waals surface area (Å²) in [5.41, 5.74) is 1.88. The van der Waals surface area contributed by atoms with Gasteiger partial charge < -0.3 is 20.3 Å². The molecular weight excluding hydrogens is 378 g/mol. The Labute approximate surface area is 169 Å². The molecule has 0 radical (unpaired) electrons. The number of carbonyl (C=O) groups is 1. The van der Waals surface area contributed by atoms with Crippen LogP contribution in [0.2, 0.25) is 0 Å². The van der Waals surface area contributed by atoms with Crippen LogP contribution in [0.15, 0.2) is 41.8 Å². The van der Waals surface area contributed by atoms with Crippen molar-refractivity contribution in [3.8, 4) is 0 Å². The number of nitrogens with one attached hydrogen (secondary N) is 2. The summed E-state index contributed by atoms with van der Waals surface area (Å²) in [4.78, 5) is 15.9. The summed E-state index contributed by atoms with van der Waals surface area (Å²) in [6.45, 7) is 6.46. The Bertz CT molecular complexity index is 714. The van der Waals surface area contributed by atoms with E-state index in [1.165, 1.54) is 4.88 Å². The van der Waals surface area contributed by atoms with Gasteiger partial charge in [0.1, 0.15) is 0 Å². The fourth-order valence-electron chi connectivity index (χ4n) is 3.20. The Morgan fingerprint density at radius 2 is 2.00 bits per heavy atom. The third-order valence-electron chi connectivity index (χ3n) is 4.27. The molecule has 1 aromatic carbocycles. The van der Waals surface area contributed by atoms with Gasteiger partial charge in [-0.25, -0.2) is 4.79 Å². The van der Waals surface area contributed by atoms with Crippen LogP contribution in [-0.4, -0.2) is 43.6 Å². The van der Waals surface area contributed by atoms with E-state index in [1.54, 1.807) is 11.3 Å². The number of thiophene rings is 1. The predicted molar refractivity (Wildman–Crippen MR) is 116 cm³/mol. The lowest BCUT2D eigenvalue weighted by atomic mass is 10.1. The normalized spacial score (nSPS) is 19.7. The molecule has 0 aliphatic carbocycles. The number of morpholine rings is 1. The summed E-state index contributed by atoms with van der Waals surface area (Å²) in [6, 6.07) is 12.0. The van der Waals surface area contributed by atoms with Gasteiger partial charge in [0.2, 0.25) is 0 Å². The van der Waals surface area contributed by atoms with Gasteiger partial charge in [0.05, 0.1) is 23.6 Å². The lowest BCUT2D eigenvalue weighted by molar-refractivity contribution is -0.00517. The number of nitrogens with zero attached hydrogens (tertiary/aromatic N) is 1. The number of benzene rings is 1. The van der Waals surface area contributed by atoms with Crippen LogP contribution in [0.25, 0.3) is 0 Å². The van der Waals surface area contributed by atoms with Crippen molar-refractivity contribution < 1.29 is 9.53 Å². The Kier molecular flexibility index (Phi) is 7.43. The second-order valence-corrected chi connectivity index (χ2v) is 8.83. The molecule has 3 rings (SSSR count). The molecule has 0 bridgehead atoms. The molecule has 0 saturated carbocycles. The van der Waals surface area contributed by atoms with Crippen molar-refractivity contribution in [2.24, 2.45) is 0 Å². The first-order valence-electron chi connectivity index (χ1n) is 9.26. The highest BCUT2D eigenvalue weighted by Crippen LogP contribution is 2.28. The molecule has 2 amide bonds. The van der Waals surface area contributed by atoms with Gasteiger partial charge in [0.15, 0.2) is 0 Å². The minimum atomic E-state index is -0.159. The standard InChI is InChI=1S/C20H27N3O2S2/c1-15-12-23(13-16(2)25-15)19-8-4-3-7-18(19)22-20(24)21-9-11-26-14-17-6-5-10-27-17/h3-8,10,15-16H,9,11-14H2,1-2H3,(H2,21,22,24)/t15-,16-/m0/s1. The zero-order valence-corrected chi connectivity index (χ0v) is 17.4. The quantitative estimate of drug-likeness (QED) is 0.670. The average molecular weight is 406 g/mol. The van der Waals surface area contributed by atoms with E-state index in [2.05, 4.69) is 53.0 Å². The molecule has 2 aromatic rings. The third kappa shape index (κ3) is 6.16. The first-order chi connectivity index (χ1) is 13.1. The van der Waals surface area contributed by atoms with Crippen molar-refractivity contribution in [1.82, 2.24) is 5.32 Å². The Balaban J connectivity index is 1.47. The van der Waals surface area contributed by atoms with E-state index in [9.17, 15) is 4.79 Å². The fourth-order valence-corrected chi connectivity index (χ4v) is 4.90. The van der Waals surface area contributed by atoms with Crippen LogP contribution in [0.3, 0.4) is 0 Å². The van der Waals surface area contributed by atoms with Gasteiger partial charge in [-0.15, -0.1) is 11.3 Å². The summed E-state index contributed by atoms with van der Waals surface area (Å²) in [7, 11) is 0. The van der Waals surface area contributed by atoms with E-state index in [0.29, 0.717) is 6.54 Å². The maximum absolute atomic E-state index is 12.3. The lowest BCUT2D eigenvalue weighted by Crippen LogP contribution is -2.45. The highest BCUT2D eigenvalue weighted by atomic mass is 32.2. The van der Waals surface area contributed by atoms with Crippen molar-refractivity contribution in [1.29, 1.82) is 0 Å². The van der Waals surface area contributed by atoms with Crippen molar-refractivity contribution in [3.63, 3.8) is 0 Å². The molecule has 5 nitrogen and oxygen atoms in total. The zero-order valence-electron chi connectivity index (χ0n) is 15.8. The maximum Gasteiger partial charge on any atom is 0.319 e. The molecular formula is C20H27N3O2S2. The molecule has 0 unspecified atom stereocenters. The average Bonchev–Trinajstić information content (AvgIpc) is 3.14. The van der Waals surface area contributed by atoms with Crippen LogP contribution in [0, 0.1) is 0 Å². The minimum absolute atomic E-state index is 0.159. The largest absolute Gasteiger partial charge is 0.372 e. The van der Waals surface area contributed by atoms with Gasteiger partial charge in [0, 0.05) is 36.0 Å². The number of carbonyl (C=O) groups excluding carboxylic acids is 1. The summed E-state index contributed by atoms with van der Waals surface area (Å²) < 4.78 is 5.82. The molecule has 0 spiro atoms. The number of hydrogen-bond acceptors (Lipinski definition) is 5. The van der Waals surface area contributed by atoms with Crippen LogP contribution in [0.1, 0.15) is 18.7 Å². The third-order valence-corrected chi connectivity index (χ3v) is 6.34. The molecule has 2 heterocycles. The molecule has 146 valence electrons. The Hall–Kier alpha value is -1.70. The van der Waals surface area contributed by atoms with Crippen LogP contribution >= 0.6 is 23.1 Å². The second kappa shape index (κ2) is 10.0. The molecule has 1 aromatic heterocycles. The second-order valence-electron chi connectivity index (χ2n) is 6.69. The lowest BCUT2D eigenvalue weighted by Gasteiger charge is -2.37. The summed E-state index contributed by atoms with van der Waals surface area (Å²) in [5, 5.41) is 8.04. The highest BCUT2D eigenvalue weighted by molar-refractivity contribution is 7.98. The van der Waals surface area contributed by atoms with Crippen LogP contribution in [0.4, 0.5) is 16.2 Å². The first kappa shape index (κ1) is 20.0. The molecule has 1 saturated heterocycles. The van der Waals surface area contributed by atoms with Gasteiger partial charge in [0.25, 0.3) is 0 Å². The van der Waals surface area contributed by atoms with E-state index in [4.69, 9.17) is 4.74 Å². The van der Waals surface area contributed by atoms with Crippen LogP contribution in [0.5, 0.6) is 0 Å². The van der Waals surface area contributed by atoms with Crippen LogP contribution < -0.4 is 15.5 Å². The zero-order chi connectivity index (χ0) is 19.1. The Morgan fingerprint density at radius 3 is 2.74 bits per heavy atom. The molecule has 27 heavy (non-hydrogen) atoms. The maximum atomic E-state index is 12.3. The molecule has 2 atom stereocenters. The number of hydrogen-bond donors (Lipinski definition) is 2. The number of rotatable bonds is 7. The highest BCUT2D eigenvalue weighted by Gasteiger charge is 2.24. The molecule has 1 aliphatic heterocycles. The van der Waals surface area contributed by atoms with Crippen molar-refractivity contribution in [2.75, 3.05) is 35.6 Å². The smallest absolute Gasteiger partial charge is 0.319 e. The summed E-state index contributed by atoms with van der Waals surface area (Å²) in [6.07, 6.45) is 0.354. The monoisotopic (exact) mass is 405 g/mol. The molecule has 7 heteroatoms. The number of para-hydroxylation sites is 2. The summed E-state index contributed by atoms with van der Waals surface area (Å²) in [5.74, 6) is 1.89. The Morgan fingerprint density at radius 1 is 1.22 bits per heavy atom. The molecule has 1 aliphatic rings. The van der Waals surface area contributed by atoms with E-state index in [1.807, 2.05) is 30.0 Å². The van der Waals surface area contributed by atoms with Crippen molar-refractivity contribution >= 4 is 40.5 Å². The van der Waals surface area contributed by atoms with Gasteiger partial charge >= 0.3 is 6.03 Å². The molecule has 1 fully saturated rings. The summed E-state index contributed by atoms with van der Waals surface area (Å²) >= 11 is 3.60. The van der Waals surface area contributed by atoms with Crippen molar-refractivity contribution in [3.05, 3.63) is 46.7 Å². The van der Waals surface area contributed by atoms with E-state index in [0.717, 1.165) is 36.0 Å². The van der Waals surface area contributed by atoms with E-state index in [-0.39, 0.29) is 18.2 Å². The first-order valence-corrected chi connectivity index (χ1v) is 11.3. The van der Waals surface area contributed by atoms with Gasteiger partial charge in [-0.1, -0.05) is 18.2 Å². The number of urea groups is 1. The fraction of sp³-hybridized carbons (Fsp3) is 0.450. The van der Waals surface area contributed by atoms with Gasteiger partial charge in [-0.3, -0.25) is 0 Å². The predicted octanol–water partition coefficient (Wildman–Crippen LogP) is 4.42. The van der Waals surface area contributed by atoms with Gasteiger partial charge in [-0.2, -0.15) is 11.8 Å². The number of amides is 2.